The van der Waals surface area contributed by atoms with Gasteiger partial charge in [-0.2, -0.15) is 0 Å². The monoisotopic (exact) mass is 591 g/mol. The third kappa shape index (κ3) is 13.9. The van der Waals surface area contributed by atoms with Gasteiger partial charge in [0.15, 0.2) is 34.4 Å². The Balaban J connectivity index is -0.00000272. The van der Waals surface area contributed by atoms with E-state index in [2.05, 4.69) is 30.2 Å². The fraction of sp³-hybridized carbons (Fsp3) is 0.650. The van der Waals surface area contributed by atoms with Gasteiger partial charge < -0.3 is 33.6 Å². The number of nitrogens with one attached hydrogen (secondary N) is 1. The van der Waals surface area contributed by atoms with Crippen molar-refractivity contribution in [1.29, 1.82) is 0 Å². The van der Waals surface area contributed by atoms with Crippen molar-refractivity contribution in [3.63, 3.8) is 0 Å². The summed E-state index contributed by atoms with van der Waals surface area (Å²) in [5, 5.41) is 2.34. The Morgan fingerprint density at radius 2 is 1.58 bits per heavy atom. The van der Waals surface area contributed by atoms with Crippen LogP contribution in [-0.2, 0) is 0 Å². The smallest absolute Gasteiger partial charge is 0.280 e. The van der Waals surface area contributed by atoms with E-state index in [9.17, 15) is 4.79 Å². The molecule has 0 aliphatic carbocycles. The third-order valence-electron chi connectivity index (χ3n) is 5.30. The molecule has 0 unspecified atom stereocenters. The first-order valence-electron chi connectivity index (χ1n) is 10.7. The highest BCUT2D eigenvalue weighted by Crippen LogP contribution is 2.22. The molecular weight excluding hydrogens is 552 g/mol. The number of hydrogen-bond donors (Lipinski definition) is 6. The molecule has 1 fully saturated rings. The second kappa shape index (κ2) is 20.1. The maximum absolute atomic E-state index is 12.2. The number of anilines is 2. The number of likely N-dealkylation sites (tertiary alicyclic amines) is 1. The van der Waals surface area contributed by atoms with Crippen molar-refractivity contribution < 1.29 is 4.79 Å². The third-order valence-corrected chi connectivity index (χ3v) is 5.58. The topological polar surface area (TPSA) is 213 Å². The van der Waals surface area contributed by atoms with Crippen molar-refractivity contribution in [2.24, 2.45) is 33.1 Å². The van der Waals surface area contributed by atoms with E-state index in [1.807, 2.05) is 0 Å². The maximum atomic E-state index is 12.2. The zero-order chi connectivity index (χ0) is 23.5. The maximum Gasteiger partial charge on any atom is 0.280 e. The van der Waals surface area contributed by atoms with Crippen LogP contribution in [0.2, 0.25) is 5.15 Å². The molecule has 1 aromatic heterocycles. The molecule has 0 atom stereocenters. The zero-order valence-electron chi connectivity index (χ0n) is 19.5. The summed E-state index contributed by atoms with van der Waals surface area (Å²) in [5.41, 5.74) is 27.5. The molecule has 11 N–H and O–H groups in total. The first-order chi connectivity index (χ1) is 15.3. The summed E-state index contributed by atoms with van der Waals surface area (Å²) >= 11 is 5.78. The SMILES string of the molecule is C.Cl.Cl.Cl.NC(N)=NCCCN1CCC(CCCCN=C(N)NC(=O)c2nc(Cl)c(N)nc2N)CC1. The molecule has 1 saturated heterocycles. The Kier molecular flexibility index (Phi) is 21.5. The molecule has 0 spiro atoms. The van der Waals surface area contributed by atoms with Gasteiger partial charge in [0.25, 0.3) is 5.91 Å². The van der Waals surface area contributed by atoms with Gasteiger partial charge in [-0.15, -0.1) is 37.2 Å². The largest absolute Gasteiger partial charge is 0.382 e. The predicted molar refractivity (Wildman–Crippen MR) is 157 cm³/mol. The van der Waals surface area contributed by atoms with Crippen molar-refractivity contribution >= 4 is 78.3 Å². The average Bonchev–Trinajstić information content (AvgIpc) is 2.74. The first kappa shape index (κ1) is 38.5. The molecule has 12 nitrogen and oxygen atoms in total. The van der Waals surface area contributed by atoms with Gasteiger partial charge in [-0.25, -0.2) is 9.97 Å². The molecule has 1 amide bonds. The summed E-state index contributed by atoms with van der Waals surface area (Å²) < 4.78 is 0. The fourth-order valence-electron chi connectivity index (χ4n) is 3.57. The van der Waals surface area contributed by atoms with E-state index >= 15 is 0 Å². The van der Waals surface area contributed by atoms with Crippen molar-refractivity contribution in [2.75, 3.05) is 44.2 Å². The summed E-state index contributed by atoms with van der Waals surface area (Å²) in [6.45, 7) is 4.47. The summed E-state index contributed by atoms with van der Waals surface area (Å²) in [4.78, 5) is 30.5. The Labute approximate surface area is 236 Å². The Morgan fingerprint density at radius 1 is 0.972 bits per heavy atom. The number of aliphatic imine (C=N–C) groups is 2. The minimum Gasteiger partial charge on any atom is -0.382 e. The molecule has 0 bridgehead atoms. The molecule has 210 valence electrons. The zero-order valence-corrected chi connectivity index (χ0v) is 22.7. The van der Waals surface area contributed by atoms with Crippen LogP contribution in [0.25, 0.3) is 0 Å². The van der Waals surface area contributed by atoms with E-state index in [4.69, 9.17) is 40.3 Å². The molecule has 36 heavy (non-hydrogen) atoms. The lowest BCUT2D eigenvalue weighted by Gasteiger charge is -2.31. The molecule has 2 rings (SSSR count). The predicted octanol–water partition coefficient (Wildman–Crippen LogP) is 1.79. The van der Waals surface area contributed by atoms with Crippen LogP contribution < -0.4 is 34.0 Å². The van der Waals surface area contributed by atoms with Crippen LogP contribution in [0, 0.1) is 5.92 Å². The first-order valence-corrected chi connectivity index (χ1v) is 11.1. The highest BCUT2D eigenvalue weighted by Gasteiger charge is 2.19. The van der Waals surface area contributed by atoms with Crippen LogP contribution in [0.4, 0.5) is 11.6 Å². The number of unbranched alkanes of at least 4 members (excludes halogenated alkanes) is 1. The molecular formula is C20H41Cl4N11O. The van der Waals surface area contributed by atoms with Gasteiger partial charge >= 0.3 is 0 Å². The second-order valence-corrected chi connectivity index (χ2v) is 8.15. The van der Waals surface area contributed by atoms with Crippen LogP contribution in [0.15, 0.2) is 9.98 Å². The second-order valence-electron chi connectivity index (χ2n) is 7.80. The van der Waals surface area contributed by atoms with Gasteiger partial charge in [-0.3, -0.25) is 20.1 Å². The van der Waals surface area contributed by atoms with E-state index in [0.717, 1.165) is 44.8 Å². The summed E-state index contributed by atoms with van der Waals surface area (Å²) in [5.74, 6) is 0.0824. The van der Waals surface area contributed by atoms with Gasteiger partial charge in [0.2, 0.25) is 0 Å². The lowest BCUT2D eigenvalue weighted by atomic mass is 9.91. The van der Waals surface area contributed by atoms with Crippen LogP contribution in [0.1, 0.15) is 56.4 Å². The number of aromatic nitrogens is 2. The fourth-order valence-corrected chi connectivity index (χ4v) is 3.70. The van der Waals surface area contributed by atoms with Crippen LogP contribution in [0.5, 0.6) is 0 Å². The molecule has 1 aliphatic heterocycles. The normalized spacial score (nSPS) is 13.8. The van der Waals surface area contributed by atoms with Crippen LogP contribution in [0.3, 0.4) is 0 Å². The van der Waals surface area contributed by atoms with Gasteiger partial charge in [0.05, 0.1) is 0 Å². The van der Waals surface area contributed by atoms with Crippen LogP contribution in [-0.4, -0.2) is 65.4 Å². The number of piperidine rings is 1. The Morgan fingerprint density at radius 3 is 2.19 bits per heavy atom. The molecule has 0 radical (unpaired) electrons. The van der Waals surface area contributed by atoms with Gasteiger partial charge in [-0.05, 0) is 51.2 Å². The highest BCUT2D eigenvalue weighted by atomic mass is 35.5. The van der Waals surface area contributed by atoms with E-state index < -0.39 is 5.91 Å². The molecule has 16 heteroatoms. The summed E-state index contributed by atoms with van der Waals surface area (Å²) in [6, 6.07) is 0. The number of rotatable bonds is 10. The quantitative estimate of drug-likeness (QED) is 0.132. The van der Waals surface area contributed by atoms with Crippen molar-refractivity contribution in [2.45, 2.75) is 46.0 Å². The number of carbonyl (C=O) groups excluding carboxylic acids is 1. The van der Waals surface area contributed by atoms with Crippen LogP contribution >= 0.6 is 48.8 Å². The molecule has 2 heterocycles. The number of amides is 1. The Bertz CT molecular complexity index is 830. The number of guanidine groups is 2. The number of hydrogen-bond acceptors (Lipinski definition) is 8. The van der Waals surface area contributed by atoms with E-state index in [1.165, 1.54) is 19.3 Å². The Hall–Kier alpha value is -1.99. The number of nitrogens with two attached hydrogens (primary N) is 5. The van der Waals surface area contributed by atoms with Crippen molar-refractivity contribution in [1.82, 2.24) is 20.2 Å². The van der Waals surface area contributed by atoms with Gasteiger partial charge in [0, 0.05) is 13.1 Å². The van der Waals surface area contributed by atoms with E-state index in [0.29, 0.717) is 13.1 Å². The van der Waals surface area contributed by atoms with Crippen molar-refractivity contribution in [3.8, 4) is 0 Å². The summed E-state index contributed by atoms with van der Waals surface area (Å²) in [6.07, 6.45) is 6.51. The van der Waals surface area contributed by atoms with Crippen molar-refractivity contribution in [3.05, 3.63) is 10.8 Å². The van der Waals surface area contributed by atoms with Gasteiger partial charge in [-0.1, -0.05) is 31.9 Å². The lowest BCUT2D eigenvalue weighted by molar-refractivity contribution is 0.0972. The minimum atomic E-state index is -0.636. The average molecular weight is 593 g/mol. The number of nitrogens with zero attached hydrogens (tertiary/aromatic N) is 5. The number of halogens is 4. The minimum absolute atomic E-state index is 0. The molecule has 1 aromatic rings. The number of nitrogen functional groups attached to an aromatic ring is 2. The number of carbonyl (C=O) groups is 1. The summed E-state index contributed by atoms with van der Waals surface area (Å²) in [7, 11) is 0. The van der Waals surface area contributed by atoms with E-state index in [-0.39, 0.29) is 79.0 Å². The molecule has 0 aromatic carbocycles. The lowest BCUT2D eigenvalue weighted by Crippen LogP contribution is -2.38. The van der Waals surface area contributed by atoms with Gasteiger partial charge in [0.1, 0.15) is 0 Å². The molecule has 1 aliphatic rings. The van der Waals surface area contributed by atoms with E-state index in [1.54, 1.807) is 0 Å². The molecule has 0 saturated carbocycles. The highest BCUT2D eigenvalue weighted by molar-refractivity contribution is 6.31. The standard InChI is InChI=1S/C19H34ClN11O.CH4.3ClH/c20-14-16(22)29-15(21)13(28-14)17(32)30-19(25)27-7-2-1-4-12-5-10-31(11-6-12)9-3-8-26-18(23)24;;;;/h12H,1-11H2,(H4,21,22,29)(H4,23,24,26)(H3,25,27,30,32);1H4;3*1H.